The summed E-state index contributed by atoms with van der Waals surface area (Å²) in [6.45, 7) is 4.29. The summed E-state index contributed by atoms with van der Waals surface area (Å²) in [4.78, 5) is 18.1. The van der Waals surface area contributed by atoms with Crippen molar-refractivity contribution in [1.82, 2.24) is 14.7 Å². The number of piperidine rings is 1. The fraction of sp³-hybridized carbons (Fsp3) is 0.682. The molecule has 0 radical (unpaired) electrons. The van der Waals surface area contributed by atoms with Gasteiger partial charge in [-0.15, -0.1) is 0 Å². The van der Waals surface area contributed by atoms with Crippen LogP contribution in [0.4, 0.5) is 8.78 Å². The van der Waals surface area contributed by atoms with Crippen LogP contribution in [0, 0.1) is 0 Å². The monoisotopic (exact) mass is 423 g/mol. The normalized spacial score (nSPS) is 27.5. The van der Waals surface area contributed by atoms with Gasteiger partial charge in [0.1, 0.15) is 5.75 Å². The van der Waals surface area contributed by atoms with E-state index in [2.05, 4.69) is 4.90 Å². The van der Waals surface area contributed by atoms with Crippen molar-refractivity contribution < 1.29 is 23.4 Å². The summed E-state index contributed by atoms with van der Waals surface area (Å²) in [6.07, 6.45) is 1.36. The number of likely N-dealkylation sites (tertiary alicyclic amines) is 3. The van der Waals surface area contributed by atoms with Crippen LogP contribution in [0.5, 0.6) is 5.75 Å². The molecule has 1 N–H and O–H groups in total. The van der Waals surface area contributed by atoms with Crippen LogP contribution in [0.25, 0.3) is 0 Å². The first-order valence-corrected chi connectivity index (χ1v) is 10.9. The Bertz CT molecular complexity index is 715. The van der Waals surface area contributed by atoms with E-state index >= 15 is 0 Å². The van der Waals surface area contributed by atoms with Gasteiger partial charge in [-0.05, 0) is 30.5 Å². The number of aliphatic hydroxyl groups excluding tert-OH is 1. The molecule has 8 heteroatoms. The lowest BCUT2D eigenvalue weighted by atomic mass is 10.0. The molecule has 0 aliphatic carbocycles. The number of aliphatic hydroxyl groups is 1. The average molecular weight is 424 g/mol. The van der Waals surface area contributed by atoms with E-state index in [1.165, 1.54) is 0 Å². The van der Waals surface area contributed by atoms with Crippen molar-refractivity contribution in [3.8, 4) is 5.75 Å². The van der Waals surface area contributed by atoms with E-state index < -0.39 is 12.0 Å². The Morgan fingerprint density at radius 3 is 2.40 bits per heavy atom. The first kappa shape index (κ1) is 21.5. The average Bonchev–Trinajstić information content (AvgIpc) is 3.38. The van der Waals surface area contributed by atoms with Crippen molar-refractivity contribution in [1.29, 1.82) is 0 Å². The van der Waals surface area contributed by atoms with Crippen LogP contribution >= 0.6 is 0 Å². The largest absolute Gasteiger partial charge is 0.484 e. The quantitative estimate of drug-likeness (QED) is 0.758. The second-order valence-electron chi connectivity index (χ2n) is 8.74. The van der Waals surface area contributed by atoms with E-state index in [-0.39, 0.29) is 31.4 Å². The zero-order chi connectivity index (χ0) is 21.1. The third-order valence-electron chi connectivity index (χ3n) is 6.48. The zero-order valence-corrected chi connectivity index (χ0v) is 17.3. The van der Waals surface area contributed by atoms with Crippen molar-refractivity contribution in [3.05, 3.63) is 29.8 Å². The smallest absolute Gasteiger partial charge is 0.260 e. The Kier molecular flexibility index (Phi) is 6.55. The topological polar surface area (TPSA) is 56.2 Å². The SMILES string of the molecule is O=C(COc1ccc(CN2C[C@H](O)[C@@H](N3CCC(F)(F)CC3)C2)cc1)N1CCCC1. The molecule has 0 unspecified atom stereocenters. The number of amides is 1. The van der Waals surface area contributed by atoms with E-state index in [1.54, 1.807) is 0 Å². The number of β-amino-alcohol motifs (C(OH)–C–C–N with tert-alkyl or cyclic N) is 1. The Hall–Kier alpha value is -1.77. The van der Waals surface area contributed by atoms with E-state index in [9.17, 15) is 18.7 Å². The third-order valence-corrected chi connectivity index (χ3v) is 6.48. The molecule has 3 aliphatic heterocycles. The van der Waals surface area contributed by atoms with Gasteiger partial charge in [-0.25, -0.2) is 8.78 Å². The first-order valence-electron chi connectivity index (χ1n) is 10.9. The second kappa shape index (κ2) is 9.16. The van der Waals surface area contributed by atoms with E-state index in [4.69, 9.17) is 4.74 Å². The summed E-state index contributed by atoms with van der Waals surface area (Å²) in [5, 5.41) is 10.4. The van der Waals surface area contributed by atoms with Crippen LogP contribution in [0.3, 0.4) is 0 Å². The Morgan fingerprint density at radius 1 is 1.07 bits per heavy atom. The number of hydrogen-bond donors (Lipinski definition) is 1. The molecule has 2 atom stereocenters. The summed E-state index contributed by atoms with van der Waals surface area (Å²) in [6, 6.07) is 7.58. The van der Waals surface area contributed by atoms with Crippen molar-refractivity contribution in [2.45, 2.75) is 50.3 Å². The van der Waals surface area contributed by atoms with E-state index in [1.807, 2.05) is 34.1 Å². The van der Waals surface area contributed by atoms with Crippen LogP contribution in [0.2, 0.25) is 0 Å². The van der Waals surface area contributed by atoms with Gasteiger partial charge in [0, 0.05) is 64.7 Å². The molecule has 0 spiro atoms. The van der Waals surface area contributed by atoms with Crippen molar-refractivity contribution in [2.75, 3.05) is 45.9 Å². The summed E-state index contributed by atoms with van der Waals surface area (Å²) >= 11 is 0. The Morgan fingerprint density at radius 2 is 1.73 bits per heavy atom. The van der Waals surface area contributed by atoms with Crippen LogP contribution in [0.15, 0.2) is 24.3 Å². The molecule has 1 amide bonds. The summed E-state index contributed by atoms with van der Waals surface area (Å²) < 4.78 is 32.4. The first-order chi connectivity index (χ1) is 14.4. The predicted octanol–water partition coefficient (Wildman–Crippen LogP) is 1.96. The predicted molar refractivity (Wildman–Crippen MR) is 109 cm³/mol. The van der Waals surface area contributed by atoms with Gasteiger partial charge in [0.25, 0.3) is 11.8 Å². The van der Waals surface area contributed by atoms with E-state index in [0.717, 1.165) is 31.5 Å². The molecule has 3 fully saturated rings. The highest BCUT2D eigenvalue weighted by Crippen LogP contribution is 2.30. The zero-order valence-electron chi connectivity index (χ0n) is 17.3. The van der Waals surface area contributed by atoms with Gasteiger partial charge in [-0.3, -0.25) is 14.6 Å². The number of ether oxygens (including phenoxy) is 1. The van der Waals surface area contributed by atoms with Gasteiger partial charge in [-0.1, -0.05) is 12.1 Å². The second-order valence-corrected chi connectivity index (χ2v) is 8.74. The maximum absolute atomic E-state index is 13.4. The van der Waals surface area contributed by atoms with Gasteiger partial charge in [0.2, 0.25) is 0 Å². The molecule has 1 aromatic rings. The van der Waals surface area contributed by atoms with Crippen LogP contribution in [-0.4, -0.2) is 89.7 Å². The number of carbonyl (C=O) groups is 1. The number of nitrogens with zero attached hydrogens (tertiary/aromatic N) is 3. The van der Waals surface area contributed by atoms with Crippen LogP contribution < -0.4 is 4.74 Å². The molecule has 3 aliphatic rings. The highest BCUT2D eigenvalue weighted by Gasteiger charge is 2.41. The van der Waals surface area contributed by atoms with Gasteiger partial charge in [0.05, 0.1) is 6.10 Å². The number of alkyl halides is 2. The summed E-state index contributed by atoms with van der Waals surface area (Å²) in [7, 11) is 0. The van der Waals surface area contributed by atoms with E-state index in [0.29, 0.717) is 38.5 Å². The number of benzene rings is 1. The molecule has 3 heterocycles. The molecule has 6 nitrogen and oxygen atoms in total. The molecule has 0 saturated carbocycles. The lowest BCUT2D eigenvalue weighted by Crippen LogP contribution is -2.49. The van der Waals surface area contributed by atoms with Crippen molar-refractivity contribution in [2.24, 2.45) is 0 Å². The molecule has 4 rings (SSSR count). The highest BCUT2D eigenvalue weighted by atomic mass is 19.3. The minimum Gasteiger partial charge on any atom is -0.484 e. The third kappa shape index (κ3) is 5.28. The standard InChI is InChI=1S/C22H31F2N3O3/c23-22(24)7-11-26(12-8-22)19-14-25(15-20(19)28)13-17-3-5-18(6-4-17)30-16-21(29)27-9-1-2-10-27/h3-6,19-20,28H,1-2,7-16H2/t19-,20-/m0/s1. The minimum atomic E-state index is -2.57. The fourth-order valence-electron chi connectivity index (χ4n) is 4.67. The molecule has 0 bridgehead atoms. The molecule has 30 heavy (non-hydrogen) atoms. The van der Waals surface area contributed by atoms with Crippen LogP contribution in [-0.2, 0) is 11.3 Å². The maximum Gasteiger partial charge on any atom is 0.260 e. The number of rotatable bonds is 6. The van der Waals surface area contributed by atoms with Gasteiger partial charge in [0.15, 0.2) is 6.61 Å². The Balaban J connectivity index is 1.24. The van der Waals surface area contributed by atoms with Crippen molar-refractivity contribution >= 4 is 5.91 Å². The summed E-state index contributed by atoms with van der Waals surface area (Å²) in [5.74, 6) is -1.87. The molecular formula is C22H31F2N3O3. The molecule has 1 aromatic carbocycles. The minimum absolute atomic E-state index is 0.0316. The summed E-state index contributed by atoms with van der Waals surface area (Å²) in [5.41, 5.74) is 1.09. The van der Waals surface area contributed by atoms with Gasteiger partial charge >= 0.3 is 0 Å². The lowest BCUT2D eigenvalue weighted by Gasteiger charge is -2.36. The fourth-order valence-corrected chi connectivity index (χ4v) is 4.67. The number of carbonyl (C=O) groups excluding carboxylic acids is 1. The maximum atomic E-state index is 13.4. The molecular weight excluding hydrogens is 392 g/mol. The number of hydrogen-bond acceptors (Lipinski definition) is 5. The molecule has 0 aromatic heterocycles. The lowest BCUT2D eigenvalue weighted by molar-refractivity contribution is -0.132. The number of halogens is 2. The van der Waals surface area contributed by atoms with Crippen molar-refractivity contribution in [3.63, 3.8) is 0 Å². The Labute approximate surface area is 176 Å². The highest BCUT2D eigenvalue weighted by molar-refractivity contribution is 5.78. The molecule has 166 valence electrons. The molecule has 3 saturated heterocycles. The van der Waals surface area contributed by atoms with Gasteiger partial charge in [-0.2, -0.15) is 0 Å². The van der Waals surface area contributed by atoms with Gasteiger partial charge < -0.3 is 14.7 Å². The van der Waals surface area contributed by atoms with Crippen LogP contribution in [0.1, 0.15) is 31.2 Å².